The maximum atomic E-state index is 6.02. The minimum atomic E-state index is 0.241. The molecule has 1 aromatic carbocycles. The van der Waals surface area contributed by atoms with Crippen molar-refractivity contribution in [3.8, 4) is 5.75 Å². The van der Waals surface area contributed by atoms with Gasteiger partial charge in [-0.3, -0.25) is 0 Å². The molecular weight excluding hydrogens is 221 g/mol. The maximum Gasteiger partial charge on any atom is 0.144 e. The molecule has 0 aromatic heterocycles. The molecule has 1 aromatic rings. The molecule has 0 saturated heterocycles. The molecule has 4 heteroatoms. The zero-order chi connectivity index (χ0) is 10.1. The third-order valence-electron chi connectivity index (χ3n) is 2.30. The van der Waals surface area contributed by atoms with Gasteiger partial charge in [0.15, 0.2) is 0 Å². The van der Waals surface area contributed by atoms with E-state index in [-0.39, 0.29) is 6.04 Å². The molecule has 2 rings (SSSR count). The number of nitrogens with one attached hydrogen (secondary N) is 1. The summed E-state index contributed by atoms with van der Waals surface area (Å²) in [7, 11) is 0. The van der Waals surface area contributed by atoms with Gasteiger partial charge in [0.2, 0.25) is 0 Å². The Labute approximate surface area is 93.2 Å². The van der Waals surface area contributed by atoms with E-state index in [4.69, 9.17) is 27.9 Å². The predicted octanol–water partition coefficient (Wildman–Crippen LogP) is 3.04. The van der Waals surface area contributed by atoms with Crippen LogP contribution < -0.4 is 10.1 Å². The molecule has 1 unspecified atom stereocenters. The van der Waals surface area contributed by atoms with Crippen LogP contribution in [0.3, 0.4) is 0 Å². The van der Waals surface area contributed by atoms with Gasteiger partial charge in [-0.25, -0.2) is 0 Å². The Kier molecular flexibility index (Phi) is 2.86. The standard InChI is InChI=1S/C10H11Cl2NO/c1-2-13-8-5-14-10-6(8)3-4-7(11)9(10)12/h3-4,8,13H,2,5H2,1H3. The van der Waals surface area contributed by atoms with E-state index in [1.807, 2.05) is 12.1 Å². The van der Waals surface area contributed by atoms with Gasteiger partial charge in [0.05, 0.1) is 11.1 Å². The quantitative estimate of drug-likeness (QED) is 0.846. The fraction of sp³-hybridized carbons (Fsp3) is 0.400. The second kappa shape index (κ2) is 3.97. The SMILES string of the molecule is CCNC1COc2c1ccc(Cl)c2Cl. The van der Waals surface area contributed by atoms with Crippen LogP contribution >= 0.6 is 23.2 Å². The van der Waals surface area contributed by atoms with Crippen molar-refractivity contribution in [2.75, 3.05) is 13.2 Å². The summed E-state index contributed by atoms with van der Waals surface area (Å²) in [5, 5.41) is 4.38. The van der Waals surface area contributed by atoms with Crippen molar-refractivity contribution in [2.24, 2.45) is 0 Å². The molecule has 0 bridgehead atoms. The first kappa shape index (κ1) is 10.1. The monoisotopic (exact) mass is 231 g/mol. The van der Waals surface area contributed by atoms with Crippen molar-refractivity contribution in [3.05, 3.63) is 27.7 Å². The van der Waals surface area contributed by atoms with E-state index in [1.54, 1.807) is 0 Å². The second-order valence-electron chi connectivity index (χ2n) is 3.20. The molecule has 1 heterocycles. The van der Waals surface area contributed by atoms with Crippen LogP contribution in [0.25, 0.3) is 0 Å². The zero-order valence-electron chi connectivity index (χ0n) is 7.81. The molecule has 0 saturated carbocycles. The Morgan fingerprint density at radius 2 is 2.29 bits per heavy atom. The predicted molar refractivity (Wildman–Crippen MR) is 58.4 cm³/mol. The summed E-state index contributed by atoms with van der Waals surface area (Å²) in [4.78, 5) is 0. The summed E-state index contributed by atoms with van der Waals surface area (Å²) >= 11 is 11.9. The van der Waals surface area contributed by atoms with Crippen molar-refractivity contribution in [1.29, 1.82) is 0 Å². The Morgan fingerprint density at radius 1 is 1.50 bits per heavy atom. The minimum Gasteiger partial charge on any atom is -0.490 e. The van der Waals surface area contributed by atoms with Gasteiger partial charge >= 0.3 is 0 Å². The van der Waals surface area contributed by atoms with Crippen molar-refractivity contribution in [2.45, 2.75) is 13.0 Å². The van der Waals surface area contributed by atoms with Gasteiger partial charge in [-0.15, -0.1) is 0 Å². The van der Waals surface area contributed by atoms with E-state index in [1.165, 1.54) is 0 Å². The number of hydrogen-bond donors (Lipinski definition) is 1. The molecule has 0 aliphatic carbocycles. The van der Waals surface area contributed by atoms with E-state index in [2.05, 4.69) is 12.2 Å². The van der Waals surface area contributed by atoms with E-state index in [0.717, 1.165) is 17.9 Å². The summed E-state index contributed by atoms with van der Waals surface area (Å²) in [6.07, 6.45) is 0. The summed E-state index contributed by atoms with van der Waals surface area (Å²) in [6, 6.07) is 4.01. The molecule has 14 heavy (non-hydrogen) atoms. The molecule has 0 spiro atoms. The highest BCUT2D eigenvalue weighted by Crippen LogP contribution is 2.41. The number of ether oxygens (including phenoxy) is 1. The number of rotatable bonds is 2. The van der Waals surface area contributed by atoms with Gasteiger partial charge in [0.1, 0.15) is 17.4 Å². The van der Waals surface area contributed by atoms with Gasteiger partial charge in [0, 0.05) is 5.56 Å². The van der Waals surface area contributed by atoms with Gasteiger partial charge in [0.25, 0.3) is 0 Å². The van der Waals surface area contributed by atoms with Crippen molar-refractivity contribution >= 4 is 23.2 Å². The van der Waals surface area contributed by atoms with E-state index in [0.29, 0.717) is 16.7 Å². The second-order valence-corrected chi connectivity index (χ2v) is 3.99. The number of likely N-dealkylation sites (N-methyl/N-ethyl adjacent to an activating group) is 1. The number of benzene rings is 1. The summed E-state index contributed by atoms with van der Waals surface area (Å²) in [6.45, 7) is 3.60. The van der Waals surface area contributed by atoms with Gasteiger partial charge in [-0.2, -0.15) is 0 Å². The molecule has 0 radical (unpaired) electrons. The molecule has 1 N–H and O–H groups in total. The maximum absolute atomic E-state index is 6.02. The fourth-order valence-electron chi connectivity index (χ4n) is 1.64. The molecule has 0 amide bonds. The van der Waals surface area contributed by atoms with Crippen LogP contribution in [-0.2, 0) is 0 Å². The van der Waals surface area contributed by atoms with E-state index >= 15 is 0 Å². The third kappa shape index (κ3) is 1.58. The van der Waals surface area contributed by atoms with Gasteiger partial charge in [-0.1, -0.05) is 36.2 Å². The fourth-order valence-corrected chi connectivity index (χ4v) is 2.02. The third-order valence-corrected chi connectivity index (χ3v) is 3.09. The van der Waals surface area contributed by atoms with Crippen LogP contribution in [-0.4, -0.2) is 13.2 Å². The van der Waals surface area contributed by atoms with Crippen molar-refractivity contribution < 1.29 is 4.74 Å². The molecule has 76 valence electrons. The molecule has 0 fully saturated rings. The normalized spacial score (nSPS) is 19.2. The number of hydrogen-bond acceptors (Lipinski definition) is 2. The van der Waals surface area contributed by atoms with E-state index in [9.17, 15) is 0 Å². The molecule has 1 atom stereocenters. The lowest BCUT2D eigenvalue weighted by atomic mass is 10.1. The topological polar surface area (TPSA) is 21.3 Å². The average molecular weight is 232 g/mol. The Balaban J connectivity index is 2.37. The van der Waals surface area contributed by atoms with E-state index < -0.39 is 0 Å². The van der Waals surface area contributed by atoms with Crippen LogP contribution in [0.1, 0.15) is 18.5 Å². The number of halogens is 2. The number of fused-ring (bicyclic) bond motifs is 1. The van der Waals surface area contributed by atoms with Crippen LogP contribution in [0, 0.1) is 0 Å². The van der Waals surface area contributed by atoms with Crippen LogP contribution in [0.4, 0.5) is 0 Å². The first-order chi connectivity index (χ1) is 6.74. The Morgan fingerprint density at radius 3 is 3.00 bits per heavy atom. The highest BCUT2D eigenvalue weighted by atomic mass is 35.5. The zero-order valence-corrected chi connectivity index (χ0v) is 9.32. The summed E-state index contributed by atoms with van der Waals surface area (Å²) in [5.41, 5.74) is 1.10. The van der Waals surface area contributed by atoms with Crippen molar-refractivity contribution in [1.82, 2.24) is 5.32 Å². The summed E-state index contributed by atoms with van der Waals surface area (Å²) < 4.78 is 5.50. The van der Waals surface area contributed by atoms with Crippen LogP contribution in [0.2, 0.25) is 10.0 Å². The Bertz CT molecular complexity index is 354. The average Bonchev–Trinajstić information content (AvgIpc) is 2.57. The first-order valence-corrected chi connectivity index (χ1v) is 5.33. The minimum absolute atomic E-state index is 0.241. The first-order valence-electron chi connectivity index (χ1n) is 4.58. The van der Waals surface area contributed by atoms with Crippen LogP contribution in [0.5, 0.6) is 5.75 Å². The lowest BCUT2D eigenvalue weighted by Crippen LogP contribution is -2.21. The van der Waals surface area contributed by atoms with Crippen LogP contribution in [0.15, 0.2) is 12.1 Å². The molecule has 1 aliphatic heterocycles. The molecule has 1 aliphatic rings. The van der Waals surface area contributed by atoms with Crippen molar-refractivity contribution in [3.63, 3.8) is 0 Å². The largest absolute Gasteiger partial charge is 0.490 e. The lowest BCUT2D eigenvalue weighted by Gasteiger charge is -2.08. The highest BCUT2D eigenvalue weighted by Gasteiger charge is 2.26. The highest BCUT2D eigenvalue weighted by molar-refractivity contribution is 6.43. The smallest absolute Gasteiger partial charge is 0.144 e. The summed E-state index contributed by atoms with van der Waals surface area (Å²) in [5.74, 6) is 0.727. The van der Waals surface area contributed by atoms with Gasteiger partial charge < -0.3 is 10.1 Å². The Hall–Kier alpha value is -0.440. The molecule has 2 nitrogen and oxygen atoms in total. The lowest BCUT2D eigenvalue weighted by molar-refractivity contribution is 0.313. The van der Waals surface area contributed by atoms with Gasteiger partial charge in [-0.05, 0) is 12.6 Å². The molecular formula is C10H11Cl2NO.